The number of nitrogens with two attached hydrogens (primary N) is 1. The Kier molecular flexibility index (Phi) is 5.99. The van der Waals surface area contributed by atoms with Gasteiger partial charge in [-0.15, -0.1) is 0 Å². The van der Waals surface area contributed by atoms with Crippen LogP contribution in [-0.2, 0) is 16.0 Å². The van der Waals surface area contributed by atoms with Gasteiger partial charge in [-0.05, 0) is 37.2 Å². The lowest BCUT2D eigenvalue weighted by Gasteiger charge is -2.49. The molecule has 1 aromatic carbocycles. The number of nitrogens with one attached hydrogen (secondary N) is 1. The first-order valence-electron chi connectivity index (χ1n) is 8.66. The molecule has 24 heavy (non-hydrogen) atoms. The summed E-state index contributed by atoms with van der Waals surface area (Å²) >= 11 is 0. The molecule has 4 N–H and O–H groups in total. The average Bonchev–Trinajstić information content (AvgIpc) is 2.50. The molecule has 0 aliphatic heterocycles. The van der Waals surface area contributed by atoms with Crippen LogP contribution in [0.2, 0.25) is 0 Å². The van der Waals surface area contributed by atoms with E-state index in [-0.39, 0.29) is 17.9 Å². The standard InChI is InChI=1S/C19H28N2O3/c1-3-14(9-15-7-5-4-6-8-15)10-17(21-13(2)22)19(20)11-16(12-19)18(23)24/h4-8,14,16-17H,3,9-12,20H2,1-2H3,(H,21,22)(H,23,24). The number of amides is 1. The van der Waals surface area contributed by atoms with Crippen molar-refractivity contribution < 1.29 is 14.7 Å². The summed E-state index contributed by atoms with van der Waals surface area (Å²) in [7, 11) is 0. The van der Waals surface area contributed by atoms with Crippen molar-refractivity contribution in [1.82, 2.24) is 5.32 Å². The molecule has 0 saturated heterocycles. The van der Waals surface area contributed by atoms with E-state index in [2.05, 4.69) is 24.4 Å². The summed E-state index contributed by atoms with van der Waals surface area (Å²) in [6, 6.07) is 10.1. The molecule has 2 unspecified atom stereocenters. The Morgan fingerprint density at radius 3 is 2.46 bits per heavy atom. The first kappa shape index (κ1) is 18.5. The number of benzene rings is 1. The molecule has 5 heteroatoms. The number of hydrogen-bond acceptors (Lipinski definition) is 3. The van der Waals surface area contributed by atoms with Gasteiger partial charge in [-0.25, -0.2) is 0 Å². The summed E-state index contributed by atoms with van der Waals surface area (Å²) < 4.78 is 0. The Morgan fingerprint density at radius 2 is 1.96 bits per heavy atom. The molecule has 1 saturated carbocycles. The summed E-state index contributed by atoms with van der Waals surface area (Å²) in [4.78, 5) is 22.7. The van der Waals surface area contributed by atoms with Gasteiger partial charge in [-0.2, -0.15) is 0 Å². The lowest BCUT2D eigenvalue weighted by Crippen LogP contribution is -2.66. The number of hydrogen-bond donors (Lipinski definition) is 3. The van der Waals surface area contributed by atoms with Crippen LogP contribution in [0, 0.1) is 11.8 Å². The second-order valence-electron chi connectivity index (χ2n) is 7.13. The van der Waals surface area contributed by atoms with Crippen LogP contribution in [0.15, 0.2) is 30.3 Å². The van der Waals surface area contributed by atoms with Gasteiger partial charge in [0.1, 0.15) is 0 Å². The highest BCUT2D eigenvalue weighted by Gasteiger charge is 2.50. The number of carboxylic acids is 1. The molecule has 0 spiro atoms. The van der Waals surface area contributed by atoms with Crippen molar-refractivity contribution in [2.75, 3.05) is 0 Å². The fourth-order valence-corrected chi connectivity index (χ4v) is 3.67. The van der Waals surface area contributed by atoms with Gasteiger partial charge in [-0.1, -0.05) is 43.7 Å². The summed E-state index contributed by atoms with van der Waals surface area (Å²) in [5.41, 5.74) is 7.10. The van der Waals surface area contributed by atoms with Gasteiger partial charge in [0.05, 0.1) is 5.92 Å². The summed E-state index contributed by atoms with van der Waals surface area (Å²) in [5, 5.41) is 12.1. The smallest absolute Gasteiger partial charge is 0.306 e. The lowest BCUT2D eigenvalue weighted by atomic mass is 9.63. The van der Waals surface area contributed by atoms with E-state index in [4.69, 9.17) is 10.8 Å². The minimum atomic E-state index is -0.797. The normalized spacial score (nSPS) is 25.4. The van der Waals surface area contributed by atoms with Crippen LogP contribution in [0.3, 0.4) is 0 Å². The SMILES string of the molecule is CCC(Cc1ccccc1)CC(NC(C)=O)C1(N)CC(C(=O)O)C1. The Balaban J connectivity index is 2.04. The third kappa shape index (κ3) is 4.57. The molecule has 1 fully saturated rings. The highest BCUT2D eigenvalue weighted by atomic mass is 16.4. The third-order valence-corrected chi connectivity index (χ3v) is 5.19. The second-order valence-corrected chi connectivity index (χ2v) is 7.13. The van der Waals surface area contributed by atoms with E-state index >= 15 is 0 Å². The van der Waals surface area contributed by atoms with E-state index < -0.39 is 11.5 Å². The molecule has 1 amide bonds. The van der Waals surface area contributed by atoms with Crippen LogP contribution < -0.4 is 11.1 Å². The predicted octanol–water partition coefficient (Wildman–Crippen LogP) is 2.34. The number of carboxylic acid groups (broad SMARTS) is 1. The Morgan fingerprint density at radius 1 is 1.33 bits per heavy atom. The average molecular weight is 332 g/mol. The molecule has 2 rings (SSSR count). The highest BCUT2D eigenvalue weighted by Crippen LogP contribution is 2.40. The van der Waals surface area contributed by atoms with Gasteiger partial charge in [0, 0.05) is 18.5 Å². The van der Waals surface area contributed by atoms with Crippen LogP contribution in [0.5, 0.6) is 0 Å². The first-order valence-corrected chi connectivity index (χ1v) is 8.66. The molecule has 1 aliphatic rings. The van der Waals surface area contributed by atoms with E-state index in [1.165, 1.54) is 12.5 Å². The molecule has 2 atom stereocenters. The largest absolute Gasteiger partial charge is 0.481 e. The van der Waals surface area contributed by atoms with Crippen molar-refractivity contribution in [3.8, 4) is 0 Å². The van der Waals surface area contributed by atoms with Crippen LogP contribution >= 0.6 is 0 Å². The van der Waals surface area contributed by atoms with Crippen molar-refractivity contribution in [3.05, 3.63) is 35.9 Å². The van der Waals surface area contributed by atoms with Crippen LogP contribution in [0.1, 0.15) is 45.1 Å². The summed E-state index contributed by atoms with van der Waals surface area (Å²) in [6.45, 7) is 3.63. The monoisotopic (exact) mass is 332 g/mol. The third-order valence-electron chi connectivity index (χ3n) is 5.19. The molecule has 132 valence electrons. The van der Waals surface area contributed by atoms with Crippen molar-refractivity contribution in [2.45, 2.75) is 57.5 Å². The Bertz CT molecular complexity index is 567. The van der Waals surface area contributed by atoms with Crippen molar-refractivity contribution in [2.24, 2.45) is 17.6 Å². The fourth-order valence-electron chi connectivity index (χ4n) is 3.67. The van der Waals surface area contributed by atoms with Gasteiger partial charge in [0.2, 0.25) is 5.91 Å². The predicted molar refractivity (Wildman–Crippen MR) is 93.4 cm³/mol. The Labute approximate surface area is 143 Å². The zero-order valence-corrected chi connectivity index (χ0v) is 14.5. The first-order chi connectivity index (χ1) is 11.3. The Hall–Kier alpha value is -1.88. The van der Waals surface area contributed by atoms with Crippen LogP contribution in [-0.4, -0.2) is 28.6 Å². The molecule has 0 radical (unpaired) electrons. The van der Waals surface area contributed by atoms with Crippen LogP contribution in [0.25, 0.3) is 0 Å². The quantitative estimate of drug-likeness (QED) is 0.681. The molecule has 1 aliphatic carbocycles. The van der Waals surface area contributed by atoms with Crippen molar-refractivity contribution in [1.29, 1.82) is 0 Å². The van der Waals surface area contributed by atoms with Crippen molar-refractivity contribution >= 4 is 11.9 Å². The van der Waals surface area contributed by atoms with E-state index in [9.17, 15) is 9.59 Å². The summed E-state index contributed by atoms with van der Waals surface area (Å²) in [6.07, 6.45) is 3.55. The molecule has 0 heterocycles. The maximum absolute atomic E-state index is 11.6. The molecule has 0 aromatic heterocycles. The topological polar surface area (TPSA) is 92.4 Å². The number of aliphatic carboxylic acids is 1. The zero-order chi connectivity index (χ0) is 17.7. The molecule has 1 aromatic rings. The van der Waals surface area contributed by atoms with E-state index in [1.54, 1.807) is 0 Å². The van der Waals surface area contributed by atoms with Gasteiger partial charge in [-0.3, -0.25) is 9.59 Å². The maximum Gasteiger partial charge on any atom is 0.306 e. The molecule has 5 nitrogen and oxygen atoms in total. The van der Waals surface area contributed by atoms with Crippen LogP contribution in [0.4, 0.5) is 0 Å². The van der Waals surface area contributed by atoms with Gasteiger partial charge in [0.15, 0.2) is 0 Å². The fraction of sp³-hybridized carbons (Fsp3) is 0.579. The minimum Gasteiger partial charge on any atom is -0.481 e. The maximum atomic E-state index is 11.6. The molecular formula is C19H28N2O3. The van der Waals surface area contributed by atoms with Gasteiger partial charge in [0.25, 0.3) is 0 Å². The highest BCUT2D eigenvalue weighted by molar-refractivity contribution is 5.74. The number of carbonyl (C=O) groups excluding carboxylic acids is 1. The number of rotatable bonds is 8. The van der Waals surface area contributed by atoms with Gasteiger partial charge < -0.3 is 16.2 Å². The van der Waals surface area contributed by atoms with E-state index in [0.717, 1.165) is 19.3 Å². The minimum absolute atomic E-state index is 0.113. The van der Waals surface area contributed by atoms with Gasteiger partial charge >= 0.3 is 5.97 Å². The molecular weight excluding hydrogens is 304 g/mol. The second kappa shape index (κ2) is 7.79. The number of carbonyl (C=O) groups is 2. The van der Waals surface area contributed by atoms with Crippen molar-refractivity contribution in [3.63, 3.8) is 0 Å². The molecule has 0 bridgehead atoms. The summed E-state index contributed by atoms with van der Waals surface area (Å²) in [5.74, 6) is -0.902. The van der Waals surface area contributed by atoms with E-state index in [0.29, 0.717) is 18.8 Å². The lowest BCUT2D eigenvalue weighted by molar-refractivity contribution is -0.147. The zero-order valence-electron chi connectivity index (χ0n) is 14.5. The van der Waals surface area contributed by atoms with E-state index in [1.807, 2.05) is 18.2 Å².